The first-order chi connectivity index (χ1) is 9.79. The van der Waals surface area contributed by atoms with Gasteiger partial charge in [0.25, 0.3) is 0 Å². The maximum absolute atomic E-state index is 13.8. The molecule has 1 saturated heterocycles. The molecule has 118 valence electrons. The first-order valence-electron chi connectivity index (χ1n) is 7.43. The molecule has 2 N–H and O–H groups in total. The van der Waals surface area contributed by atoms with Gasteiger partial charge < -0.3 is 15.1 Å². The van der Waals surface area contributed by atoms with Gasteiger partial charge in [-0.3, -0.25) is 4.90 Å². The molecule has 1 fully saturated rings. The second-order valence-electron chi connectivity index (χ2n) is 6.41. The van der Waals surface area contributed by atoms with E-state index in [4.69, 9.17) is 0 Å². The Morgan fingerprint density at radius 1 is 1.33 bits per heavy atom. The lowest BCUT2D eigenvalue weighted by molar-refractivity contribution is -0.0664. The van der Waals surface area contributed by atoms with Crippen molar-refractivity contribution in [3.05, 3.63) is 30.1 Å². The molecule has 0 bridgehead atoms. The summed E-state index contributed by atoms with van der Waals surface area (Å²) in [5.41, 5.74) is -0.477. The van der Waals surface area contributed by atoms with Crippen molar-refractivity contribution in [2.75, 3.05) is 31.1 Å². The monoisotopic (exact) mass is 296 g/mol. The van der Waals surface area contributed by atoms with Crippen molar-refractivity contribution in [2.45, 2.75) is 38.5 Å². The summed E-state index contributed by atoms with van der Waals surface area (Å²) in [4.78, 5) is 4.17. The van der Waals surface area contributed by atoms with E-state index >= 15 is 0 Å². The van der Waals surface area contributed by atoms with Gasteiger partial charge in [0, 0.05) is 32.2 Å². The Balaban J connectivity index is 1.98. The van der Waals surface area contributed by atoms with Gasteiger partial charge >= 0.3 is 0 Å². The Morgan fingerprint density at radius 3 is 2.57 bits per heavy atom. The number of piperazine rings is 1. The number of benzene rings is 1. The molecular weight excluding hydrogens is 271 g/mol. The highest BCUT2D eigenvalue weighted by Crippen LogP contribution is 2.23. The highest BCUT2D eigenvalue weighted by Gasteiger charge is 2.31. The zero-order valence-electron chi connectivity index (χ0n) is 13.0. The van der Waals surface area contributed by atoms with Crippen molar-refractivity contribution in [3.63, 3.8) is 0 Å². The van der Waals surface area contributed by atoms with Crippen LogP contribution in [0.4, 0.5) is 10.1 Å². The number of halogens is 1. The zero-order valence-corrected chi connectivity index (χ0v) is 13.0. The van der Waals surface area contributed by atoms with Crippen LogP contribution in [0.25, 0.3) is 0 Å². The largest absolute Gasteiger partial charge is 0.389 e. The number of hydrogen-bond donors (Lipinski definition) is 2. The SMILES string of the molecule is CC1CN(c2ccccc2F)CCN1CC(O)C(C)(C)O. The zero-order chi connectivity index (χ0) is 15.6. The molecule has 21 heavy (non-hydrogen) atoms. The lowest BCUT2D eigenvalue weighted by Gasteiger charge is -2.42. The number of rotatable bonds is 4. The lowest BCUT2D eigenvalue weighted by Crippen LogP contribution is -2.56. The van der Waals surface area contributed by atoms with Gasteiger partial charge in [-0.2, -0.15) is 0 Å². The molecule has 1 aliphatic heterocycles. The molecule has 2 atom stereocenters. The molecule has 1 aliphatic rings. The summed E-state index contributed by atoms with van der Waals surface area (Å²) < 4.78 is 13.8. The molecule has 0 radical (unpaired) electrons. The molecule has 0 aliphatic carbocycles. The summed E-state index contributed by atoms with van der Waals surface area (Å²) in [6, 6.07) is 7.00. The highest BCUT2D eigenvalue weighted by molar-refractivity contribution is 5.48. The van der Waals surface area contributed by atoms with Crippen molar-refractivity contribution >= 4 is 5.69 Å². The summed E-state index contributed by atoms with van der Waals surface area (Å²) in [6.45, 7) is 7.86. The predicted octanol–water partition coefficient (Wildman–Crippen LogP) is 1.47. The average Bonchev–Trinajstić information content (AvgIpc) is 2.40. The summed E-state index contributed by atoms with van der Waals surface area (Å²) in [5, 5.41) is 19.9. The molecule has 2 unspecified atom stereocenters. The molecule has 5 heteroatoms. The normalized spacial score (nSPS) is 22.4. The van der Waals surface area contributed by atoms with Crippen LogP contribution >= 0.6 is 0 Å². The highest BCUT2D eigenvalue weighted by atomic mass is 19.1. The quantitative estimate of drug-likeness (QED) is 0.883. The minimum Gasteiger partial charge on any atom is -0.389 e. The smallest absolute Gasteiger partial charge is 0.146 e. The van der Waals surface area contributed by atoms with Crippen molar-refractivity contribution in [1.82, 2.24) is 4.90 Å². The average molecular weight is 296 g/mol. The van der Waals surface area contributed by atoms with Crippen LogP contribution in [0.2, 0.25) is 0 Å². The van der Waals surface area contributed by atoms with Crippen LogP contribution in [-0.2, 0) is 0 Å². The van der Waals surface area contributed by atoms with E-state index in [0.717, 1.165) is 6.54 Å². The van der Waals surface area contributed by atoms with E-state index < -0.39 is 11.7 Å². The van der Waals surface area contributed by atoms with E-state index in [9.17, 15) is 14.6 Å². The van der Waals surface area contributed by atoms with Gasteiger partial charge in [0.1, 0.15) is 5.82 Å². The van der Waals surface area contributed by atoms with Gasteiger partial charge in [0.15, 0.2) is 0 Å². The molecule has 0 aromatic heterocycles. The standard InChI is InChI=1S/C16H25FN2O2/c1-12-10-19(14-7-5-4-6-13(14)17)9-8-18(12)11-15(20)16(2,3)21/h4-7,12,15,20-21H,8-11H2,1-3H3. The minimum atomic E-state index is -1.11. The Bertz CT molecular complexity index is 476. The molecule has 2 rings (SSSR count). The van der Waals surface area contributed by atoms with Gasteiger partial charge in [0.05, 0.1) is 17.4 Å². The van der Waals surface area contributed by atoms with Crippen molar-refractivity contribution < 1.29 is 14.6 Å². The first-order valence-corrected chi connectivity index (χ1v) is 7.43. The molecule has 4 nitrogen and oxygen atoms in total. The van der Waals surface area contributed by atoms with Gasteiger partial charge in [-0.15, -0.1) is 0 Å². The molecular formula is C16H25FN2O2. The number of nitrogens with zero attached hydrogens (tertiary/aromatic N) is 2. The molecule has 1 aromatic rings. The summed E-state index contributed by atoms with van der Waals surface area (Å²) in [6.07, 6.45) is -0.792. The second-order valence-corrected chi connectivity index (χ2v) is 6.41. The van der Waals surface area contributed by atoms with E-state index in [0.29, 0.717) is 25.3 Å². The Morgan fingerprint density at radius 2 is 2.00 bits per heavy atom. The topological polar surface area (TPSA) is 46.9 Å². The molecule has 0 spiro atoms. The predicted molar refractivity (Wildman–Crippen MR) is 82.0 cm³/mol. The van der Waals surface area contributed by atoms with Crippen LogP contribution in [0, 0.1) is 5.82 Å². The van der Waals surface area contributed by atoms with Crippen molar-refractivity contribution in [3.8, 4) is 0 Å². The maximum atomic E-state index is 13.8. The summed E-state index contributed by atoms with van der Waals surface area (Å²) >= 11 is 0. The second kappa shape index (κ2) is 6.30. The van der Waals surface area contributed by atoms with Crippen LogP contribution in [0.15, 0.2) is 24.3 Å². The fraction of sp³-hybridized carbons (Fsp3) is 0.625. The van der Waals surface area contributed by atoms with Crippen molar-refractivity contribution in [2.24, 2.45) is 0 Å². The minimum absolute atomic E-state index is 0.190. The van der Waals surface area contributed by atoms with Gasteiger partial charge in [-0.1, -0.05) is 12.1 Å². The maximum Gasteiger partial charge on any atom is 0.146 e. The van der Waals surface area contributed by atoms with Crippen LogP contribution in [0.1, 0.15) is 20.8 Å². The first kappa shape index (κ1) is 16.2. The third kappa shape index (κ3) is 3.93. The Labute approximate surface area is 125 Å². The van der Waals surface area contributed by atoms with Gasteiger partial charge in [-0.05, 0) is 32.9 Å². The molecule has 0 saturated carbocycles. The van der Waals surface area contributed by atoms with Crippen LogP contribution in [0.5, 0.6) is 0 Å². The number of anilines is 1. The van der Waals surface area contributed by atoms with Crippen molar-refractivity contribution in [1.29, 1.82) is 0 Å². The van der Waals surface area contributed by atoms with E-state index in [2.05, 4.69) is 11.8 Å². The molecule has 1 aromatic carbocycles. The summed E-state index contributed by atoms with van der Waals surface area (Å²) in [7, 11) is 0. The van der Waals surface area contributed by atoms with Gasteiger partial charge in [0.2, 0.25) is 0 Å². The number of aliphatic hydroxyl groups is 2. The van der Waals surface area contributed by atoms with Gasteiger partial charge in [-0.25, -0.2) is 4.39 Å². The third-order valence-electron chi connectivity index (χ3n) is 4.18. The molecule has 1 heterocycles. The number of hydrogen-bond acceptors (Lipinski definition) is 4. The lowest BCUT2D eigenvalue weighted by atomic mass is 10.0. The molecule has 0 amide bonds. The third-order valence-corrected chi connectivity index (χ3v) is 4.18. The Hall–Kier alpha value is -1.17. The van der Waals surface area contributed by atoms with E-state index in [1.165, 1.54) is 6.07 Å². The number of β-amino-alcohol motifs (C(OH)–C–C–N with tert-alkyl or cyclic N) is 1. The fourth-order valence-electron chi connectivity index (χ4n) is 2.64. The van der Waals surface area contributed by atoms with Crippen LogP contribution in [-0.4, -0.2) is 59.0 Å². The van der Waals surface area contributed by atoms with E-state index in [1.807, 2.05) is 11.0 Å². The summed E-state index contributed by atoms with van der Waals surface area (Å²) in [5.74, 6) is -0.199. The number of aliphatic hydroxyl groups excluding tert-OH is 1. The Kier molecular flexibility index (Phi) is 4.86. The van der Waals surface area contributed by atoms with Crippen LogP contribution in [0.3, 0.4) is 0 Å². The van der Waals surface area contributed by atoms with E-state index in [1.54, 1.807) is 26.0 Å². The fourth-order valence-corrected chi connectivity index (χ4v) is 2.64. The van der Waals surface area contributed by atoms with E-state index in [-0.39, 0.29) is 11.9 Å². The number of para-hydroxylation sites is 1. The van der Waals surface area contributed by atoms with Crippen LogP contribution < -0.4 is 4.90 Å².